The number of hydrogen-bond donors (Lipinski definition) is 0. The number of para-hydroxylation sites is 6. The molecule has 6 nitrogen and oxygen atoms in total. The molecule has 0 saturated heterocycles. The molecule has 4 heterocycles. The topological polar surface area (TPSA) is 46.0 Å². The maximum Gasteiger partial charge on any atom is 0.152 e. The minimum Gasteiger partial charge on any atom is -0.453 e. The number of fused-ring (bicyclic) bond motifs is 16. The smallest absolute Gasteiger partial charge is 0.152 e. The molecule has 486 valence electrons. The Labute approximate surface area is 594 Å². The van der Waals surface area contributed by atoms with Crippen molar-refractivity contribution in [2.75, 3.05) is 0 Å². The Hall–Kier alpha value is -13.2. The second-order valence-corrected chi connectivity index (χ2v) is 29.7. The molecule has 24 aromatic rings. The molecule has 6 heteroatoms. The minimum absolute atomic E-state index is 0.143. The van der Waals surface area contributed by atoms with Crippen LogP contribution in [0, 0.1) is 0 Å². The normalized spacial score (nSPS) is 12.8. The fourth-order valence-corrected chi connectivity index (χ4v) is 19.5. The van der Waals surface area contributed by atoms with Gasteiger partial charge in [-0.25, -0.2) is 0 Å². The molecule has 0 spiro atoms. The van der Waals surface area contributed by atoms with Crippen LogP contribution < -0.4 is 0 Å². The Balaban J connectivity index is 0.812. The van der Waals surface area contributed by atoms with Crippen LogP contribution in [-0.4, -0.2) is 18.3 Å². The molecule has 0 saturated carbocycles. The summed E-state index contributed by atoms with van der Waals surface area (Å²) in [7, 11) is 0. The van der Waals surface area contributed by atoms with Gasteiger partial charge in [-0.2, -0.15) is 0 Å². The van der Waals surface area contributed by atoms with Crippen molar-refractivity contribution in [3.05, 3.63) is 302 Å². The average Bonchev–Trinajstić information content (AvgIpc) is 1.39. The van der Waals surface area contributed by atoms with E-state index in [1.807, 2.05) is 0 Å². The summed E-state index contributed by atoms with van der Waals surface area (Å²) in [4.78, 5) is 0. The summed E-state index contributed by atoms with van der Waals surface area (Å²) in [5.41, 5.74) is 18.8. The van der Waals surface area contributed by atoms with Crippen LogP contribution in [0.2, 0.25) is 0 Å². The largest absolute Gasteiger partial charge is 0.453 e. The molecule has 0 aliphatic heterocycles. The highest BCUT2D eigenvalue weighted by atomic mass is 16.3. The Morgan fingerprint density at radius 2 is 0.567 bits per heavy atom. The Bertz CT molecular complexity index is 7480. The van der Waals surface area contributed by atoms with E-state index in [0.717, 1.165) is 100.0 Å². The molecule has 104 heavy (non-hydrogen) atoms. The van der Waals surface area contributed by atoms with Gasteiger partial charge in [-0.15, -0.1) is 0 Å². The number of hydrogen-bond acceptors (Lipinski definition) is 2. The van der Waals surface area contributed by atoms with Gasteiger partial charge in [0.15, 0.2) is 22.3 Å². The Morgan fingerprint density at radius 1 is 0.202 bits per heavy atom. The second-order valence-electron chi connectivity index (χ2n) is 29.7. The molecule has 0 unspecified atom stereocenters. The number of aromatic nitrogens is 4. The molecule has 0 amide bonds. The van der Waals surface area contributed by atoms with Crippen molar-refractivity contribution in [3.8, 4) is 22.7 Å². The quantitative estimate of drug-likeness (QED) is 0.123. The van der Waals surface area contributed by atoms with E-state index in [1.165, 1.54) is 140 Å². The summed E-state index contributed by atoms with van der Waals surface area (Å²) >= 11 is 0. The first-order chi connectivity index (χ1) is 51.3. The molecule has 0 N–H and O–H groups in total. The monoisotopic (exact) mass is 1330 g/mol. The number of rotatable bonds is 6. The first-order valence-electron chi connectivity index (χ1n) is 36.5. The SMILES string of the molecule is CC(C)c1cc2ccc3c(-n4c5ccccc5oc5cc6c7c8cccc9c%10cccc%11cccc(c(cc7n(-c7ccccc7)c6cc54)c98)c%11%10)c(C(C)C)cc4ccc(c1-n1c5ccccc5oc5cc6c7c8cccc9c%10cccc%11cccc(c(cc7n(-c7ccccc7)c6cc51)c98)c%11%10)c2c43. The lowest BCUT2D eigenvalue weighted by Gasteiger charge is -2.26. The fourth-order valence-electron chi connectivity index (χ4n) is 19.5. The van der Waals surface area contributed by atoms with E-state index < -0.39 is 0 Å². The summed E-state index contributed by atoms with van der Waals surface area (Å²) in [6.45, 7) is 9.41. The molecule has 0 atom stereocenters. The average molecular weight is 1330 g/mol. The zero-order chi connectivity index (χ0) is 68.2. The van der Waals surface area contributed by atoms with Crippen LogP contribution in [0.25, 0.3) is 229 Å². The van der Waals surface area contributed by atoms with Gasteiger partial charge in [0.2, 0.25) is 0 Å². The van der Waals surface area contributed by atoms with Crippen LogP contribution in [0.5, 0.6) is 0 Å². The molecule has 20 aromatic carbocycles. The van der Waals surface area contributed by atoms with Crippen LogP contribution in [0.3, 0.4) is 0 Å². The van der Waals surface area contributed by atoms with Crippen LogP contribution in [-0.2, 0) is 0 Å². The van der Waals surface area contributed by atoms with Crippen molar-refractivity contribution >= 4 is 207 Å². The van der Waals surface area contributed by atoms with Gasteiger partial charge in [-0.3, -0.25) is 0 Å². The van der Waals surface area contributed by atoms with Crippen LogP contribution in [0.15, 0.2) is 300 Å². The first kappa shape index (κ1) is 56.6. The summed E-state index contributed by atoms with van der Waals surface area (Å²) < 4.78 is 24.8. The zero-order valence-electron chi connectivity index (χ0n) is 57.5. The van der Waals surface area contributed by atoms with Gasteiger partial charge in [-0.05, 0) is 228 Å². The van der Waals surface area contributed by atoms with Gasteiger partial charge in [0.05, 0.1) is 55.5 Å². The van der Waals surface area contributed by atoms with Gasteiger partial charge in [0.25, 0.3) is 0 Å². The highest BCUT2D eigenvalue weighted by molar-refractivity contribution is 6.41. The highest BCUT2D eigenvalue weighted by Crippen LogP contribution is 2.52. The van der Waals surface area contributed by atoms with E-state index in [2.05, 4.69) is 337 Å². The summed E-state index contributed by atoms with van der Waals surface area (Å²) in [5.74, 6) is 0.286. The zero-order valence-corrected chi connectivity index (χ0v) is 57.5. The van der Waals surface area contributed by atoms with Crippen molar-refractivity contribution in [1.29, 1.82) is 0 Å². The van der Waals surface area contributed by atoms with E-state index in [4.69, 9.17) is 8.83 Å². The molecular formula is C98H62N4O2. The minimum atomic E-state index is 0.143. The third-order valence-electron chi connectivity index (χ3n) is 23.7. The molecular weight excluding hydrogens is 1270 g/mol. The molecule has 0 aliphatic carbocycles. The third-order valence-corrected chi connectivity index (χ3v) is 23.7. The molecule has 0 aliphatic rings. The van der Waals surface area contributed by atoms with Crippen molar-refractivity contribution in [2.24, 2.45) is 0 Å². The molecule has 24 rings (SSSR count). The number of benzene rings is 20. The second kappa shape index (κ2) is 20.3. The summed E-state index contributed by atoms with van der Waals surface area (Å²) in [6, 6.07) is 109. The van der Waals surface area contributed by atoms with Crippen LogP contribution in [0.4, 0.5) is 0 Å². The van der Waals surface area contributed by atoms with E-state index in [-0.39, 0.29) is 11.8 Å². The molecule has 0 fully saturated rings. The molecule has 0 radical (unpaired) electrons. The standard InChI is InChI=1S/C98H62N4O2/c1-53(2)71-45-57-41-44-70-92-58(46-72(54(3)4)98(70)102-78-38-12-14-40-86(78)104-88-50-76-80(52-82(88)102)100(60-27-9-6-10-28-60)84-48-74-66-32-18-24-56-22-16-30-62(90(56)66)64-34-20-36-68(94(64)74)96(76)84)42-43-69(91(57)92)97(71)101-77-37-11-13-39-85(77)103-87-49-75-79(51-81(87)101)99(59-25-7-5-8-26-59)83-47-73-65-31-17-23-55-21-15-29-61(89(55)65)63-33-19-35-67(93(63)73)95(75)83/h5-54H,1-4H3. The molecule has 4 aromatic heterocycles. The van der Waals surface area contributed by atoms with Crippen molar-refractivity contribution < 1.29 is 8.83 Å². The van der Waals surface area contributed by atoms with E-state index >= 15 is 0 Å². The van der Waals surface area contributed by atoms with Gasteiger partial charge < -0.3 is 27.1 Å². The van der Waals surface area contributed by atoms with Crippen LogP contribution >= 0.6 is 0 Å². The first-order valence-corrected chi connectivity index (χ1v) is 36.5. The lowest BCUT2D eigenvalue weighted by molar-refractivity contribution is 0.653. The summed E-state index contributed by atoms with van der Waals surface area (Å²) in [5, 5.41) is 32.3. The van der Waals surface area contributed by atoms with Gasteiger partial charge >= 0.3 is 0 Å². The van der Waals surface area contributed by atoms with Gasteiger partial charge in [0, 0.05) is 43.7 Å². The predicted molar refractivity (Wildman–Crippen MR) is 440 cm³/mol. The third kappa shape index (κ3) is 7.28. The molecule has 0 bridgehead atoms. The number of nitrogens with zero attached hydrogens (tertiary/aromatic N) is 4. The van der Waals surface area contributed by atoms with Crippen molar-refractivity contribution in [2.45, 2.75) is 39.5 Å². The van der Waals surface area contributed by atoms with Crippen LogP contribution in [0.1, 0.15) is 50.7 Å². The Morgan fingerprint density at radius 3 is 0.981 bits per heavy atom. The highest BCUT2D eigenvalue weighted by Gasteiger charge is 2.30. The maximum absolute atomic E-state index is 7.35. The van der Waals surface area contributed by atoms with E-state index in [1.54, 1.807) is 0 Å². The van der Waals surface area contributed by atoms with E-state index in [0.29, 0.717) is 0 Å². The fraction of sp³-hybridized carbons (Fsp3) is 0.0612. The lowest BCUT2D eigenvalue weighted by atomic mass is 9.85. The van der Waals surface area contributed by atoms with Crippen molar-refractivity contribution in [1.82, 2.24) is 18.3 Å². The maximum atomic E-state index is 7.35. The lowest BCUT2D eigenvalue weighted by Crippen LogP contribution is -2.08. The van der Waals surface area contributed by atoms with Gasteiger partial charge in [-0.1, -0.05) is 222 Å². The Kier molecular flexibility index (Phi) is 11.0. The van der Waals surface area contributed by atoms with Gasteiger partial charge in [0.1, 0.15) is 0 Å². The summed E-state index contributed by atoms with van der Waals surface area (Å²) in [6.07, 6.45) is 0. The van der Waals surface area contributed by atoms with E-state index in [9.17, 15) is 0 Å². The van der Waals surface area contributed by atoms with Crippen molar-refractivity contribution in [3.63, 3.8) is 0 Å². The predicted octanol–water partition coefficient (Wildman–Crippen LogP) is 27.6.